The Balaban J connectivity index is 1.97. The maximum atomic E-state index is 12.0. The Morgan fingerprint density at radius 3 is 2.35 bits per heavy atom. The monoisotopic (exact) mass is 334 g/mol. The van der Waals surface area contributed by atoms with Gasteiger partial charge in [-0.05, 0) is 42.5 Å². The first-order valence-electron chi connectivity index (χ1n) is 6.84. The van der Waals surface area contributed by atoms with Gasteiger partial charge in [0, 0.05) is 12.1 Å². The van der Waals surface area contributed by atoms with E-state index >= 15 is 0 Å². The third kappa shape index (κ3) is 5.09. The first kappa shape index (κ1) is 17.0. The molecular weight excluding hydrogens is 320 g/mol. The highest BCUT2D eigenvalue weighted by Crippen LogP contribution is 2.17. The maximum Gasteiger partial charge on any atom is 0.343 e. The van der Waals surface area contributed by atoms with Crippen LogP contribution in [0.1, 0.15) is 20.7 Å². The van der Waals surface area contributed by atoms with Crippen LogP contribution in [0.3, 0.4) is 0 Å². The summed E-state index contributed by atoms with van der Waals surface area (Å²) in [6.45, 7) is 0.516. The molecule has 0 bridgehead atoms. The molecule has 2 aromatic rings. The predicted molar refractivity (Wildman–Crippen MR) is 85.0 cm³/mol. The molecular formula is C17H15ClO5. The van der Waals surface area contributed by atoms with Crippen molar-refractivity contribution in [3.8, 4) is 5.75 Å². The van der Waals surface area contributed by atoms with Crippen LogP contribution in [-0.4, -0.2) is 32.3 Å². The van der Waals surface area contributed by atoms with Crippen LogP contribution in [0.15, 0.2) is 48.5 Å². The van der Waals surface area contributed by atoms with E-state index in [1.54, 1.807) is 18.2 Å². The molecule has 0 spiro atoms. The van der Waals surface area contributed by atoms with E-state index in [2.05, 4.69) is 0 Å². The van der Waals surface area contributed by atoms with Gasteiger partial charge < -0.3 is 14.2 Å². The fraction of sp³-hybridized carbons (Fsp3) is 0.176. The Labute approximate surface area is 138 Å². The van der Waals surface area contributed by atoms with Crippen molar-refractivity contribution in [1.29, 1.82) is 0 Å². The van der Waals surface area contributed by atoms with Gasteiger partial charge in [-0.3, -0.25) is 0 Å². The standard InChI is InChI=1S/C17H15ClO5/c1-21-9-10-22-16(19)12-5-7-15(8-6-12)23-17(20)13-3-2-4-14(18)11-13/h2-8,11H,9-10H2,1H3. The van der Waals surface area contributed by atoms with Crippen LogP contribution in [0.25, 0.3) is 0 Å². The molecule has 0 aliphatic carbocycles. The van der Waals surface area contributed by atoms with Crippen LogP contribution in [-0.2, 0) is 9.47 Å². The zero-order valence-corrected chi connectivity index (χ0v) is 13.2. The average Bonchev–Trinajstić information content (AvgIpc) is 2.55. The first-order chi connectivity index (χ1) is 11.1. The molecule has 0 N–H and O–H groups in total. The Morgan fingerprint density at radius 1 is 0.957 bits per heavy atom. The van der Waals surface area contributed by atoms with Gasteiger partial charge in [-0.1, -0.05) is 17.7 Å². The summed E-state index contributed by atoms with van der Waals surface area (Å²) in [5.41, 5.74) is 0.712. The van der Waals surface area contributed by atoms with Gasteiger partial charge in [-0.2, -0.15) is 0 Å². The van der Waals surface area contributed by atoms with E-state index < -0.39 is 11.9 Å². The van der Waals surface area contributed by atoms with Gasteiger partial charge in [0.1, 0.15) is 12.4 Å². The number of methoxy groups -OCH3 is 1. The quantitative estimate of drug-likeness (QED) is 0.460. The number of halogens is 1. The van der Waals surface area contributed by atoms with Crippen molar-refractivity contribution in [2.24, 2.45) is 0 Å². The molecule has 0 aliphatic rings. The Hall–Kier alpha value is -2.37. The van der Waals surface area contributed by atoms with Gasteiger partial charge in [0.2, 0.25) is 0 Å². The topological polar surface area (TPSA) is 61.8 Å². The van der Waals surface area contributed by atoms with E-state index in [9.17, 15) is 9.59 Å². The van der Waals surface area contributed by atoms with Crippen molar-refractivity contribution in [2.75, 3.05) is 20.3 Å². The van der Waals surface area contributed by atoms with Crippen molar-refractivity contribution < 1.29 is 23.8 Å². The lowest BCUT2D eigenvalue weighted by molar-refractivity contribution is 0.0388. The fourth-order valence-corrected chi connectivity index (χ4v) is 1.93. The Morgan fingerprint density at radius 2 is 1.70 bits per heavy atom. The first-order valence-corrected chi connectivity index (χ1v) is 7.22. The van der Waals surface area contributed by atoms with Crippen LogP contribution in [0.2, 0.25) is 5.02 Å². The minimum atomic E-state index is -0.525. The molecule has 0 aromatic heterocycles. The van der Waals surface area contributed by atoms with E-state index in [4.69, 9.17) is 25.8 Å². The molecule has 2 aromatic carbocycles. The predicted octanol–water partition coefficient (Wildman–Crippen LogP) is 3.36. The van der Waals surface area contributed by atoms with Gasteiger partial charge in [0.05, 0.1) is 17.7 Å². The number of rotatable bonds is 6. The second-order valence-corrected chi connectivity index (χ2v) is 4.99. The van der Waals surface area contributed by atoms with E-state index in [0.717, 1.165) is 0 Å². The Kier molecular flexibility index (Phi) is 6.14. The summed E-state index contributed by atoms with van der Waals surface area (Å²) in [5, 5.41) is 0.452. The number of carbonyl (C=O) groups excluding carboxylic acids is 2. The maximum absolute atomic E-state index is 12.0. The summed E-state index contributed by atoms with van der Waals surface area (Å²) in [7, 11) is 1.52. The van der Waals surface area contributed by atoms with Gasteiger partial charge in [0.25, 0.3) is 0 Å². The summed E-state index contributed by atoms with van der Waals surface area (Å²) in [6.07, 6.45) is 0. The zero-order valence-electron chi connectivity index (χ0n) is 12.5. The molecule has 0 radical (unpaired) electrons. The second kappa shape index (κ2) is 8.31. The smallest absolute Gasteiger partial charge is 0.343 e. The Bertz CT molecular complexity index is 682. The highest BCUT2D eigenvalue weighted by Gasteiger charge is 2.11. The third-order valence-electron chi connectivity index (χ3n) is 2.88. The summed E-state index contributed by atoms with van der Waals surface area (Å²) < 4.78 is 15.0. The van der Waals surface area contributed by atoms with Crippen LogP contribution < -0.4 is 4.74 Å². The molecule has 23 heavy (non-hydrogen) atoms. The lowest BCUT2D eigenvalue weighted by Crippen LogP contribution is -2.10. The van der Waals surface area contributed by atoms with Gasteiger partial charge in [-0.15, -0.1) is 0 Å². The molecule has 2 rings (SSSR count). The summed E-state index contributed by atoms with van der Waals surface area (Å²) in [6, 6.07) is 12.6. The molecule has 5 nitrogen and oxygen atoms in total. The number of hydrogen-bond acceptors (Lipinski definition) is 5. The molecule has 0 saturated carbocycles. The number of ether oxygens (including phenoxy) is 3. The third-order valence-corrected chi connectivity index (χ3v) is 3.12. The van der Waals surface area contributed by atoms with Crippen molar-refractivity contribution in [3.63, 3.8) is 0 Å². The molecule has 0 saturated heterocycles. The van der Waals surface area contributed by atoms with Gasteiger partial charge >= 0.3 is 11.9 Å². The minimum absolute atomic E-state index is 0.181. The van der Waals surface area contributed by atoms with Crippen LogP contribution in [0.4, 0.5) is 0 Å². The number of benzene rings is 2. The van der Waals surface area contributed by atoms with Gasteiger partial charge in [-0.25, -0.2) is 9.59 Å². The SMILES string of the molecule is COCCOC(=O)c1ccc(OC(=O)c2cccc(Cl)c2)cc1. The van der Waals surface area contributed by atoms with Crippen molar-refractivity contribution in [2.45, 2.75) is 0 Å². The fourth-order valence-electron chi connectivity index (χ4n) is 1.74. The average molecular weight is 335 g/mol. The zero-order chi connectivity index (χ0) is 16.7. The van der Waals surface area contributed by atoms with E-state index in [-0.39, 0.29) is 6.61 Å². The highest BCUT2D eigenvalue weighted by molar-refractivity contribution is 6.30. The van der Waals surface area contributed by atoms with Crippen LogP contribution in [0.5, 0.6) is 5.75 Å². The molecule has 0 fully saturated rings. The van der Waals surface area contributed by atoms with Crippen molar-refractivity contribution in [3.05, 3.63) is 64.7 Å². The molecule has 120 valence electrons. The summed E-state index contributed by atoms with van der Waals surface area (Å²) in [5.74, 6) is -0.666. The van der Waals surface area contributed by atoms with Crippen molar-refractivity contribution >= 4 is 23.5 Å². The lowest BCUT2D eigenvalue weighted by Gasteiger charge is -2.06. The number of carbonyl (C=O) groups is 2. The molecule has 0 unspecified atom stereocenters. The van der Waals surface area contributed by atoms with Crippen molar-refractivity contribution in [1.82, 2.24) is 0 Å². The van der Waals surface area contributed by atoms with E-state index in [1.807, 2.05) is 0 Å². The molecule has 6 heteroatoms. The summed E-state index contributed by atoms with van der Waals surface area (Å²) >= 11 is 5.83. The number of esters is 2. The normalized spacial score (nSPS) is 10.2. The highest BCUT2D eigenvalue weighted by atomic mass is 35.5. The lowest BCUT2D eigenvalue weighted by atomic mass is 10.2. The molecule has 0 amide bonds. The second-order valence-electron chi connectivity index (χ2n) is 4.55. The molecule has 0 aliphatic heterocycles. The number of hydrogen-bond donors (Lipinski definition) is 0. The minimum Gasteiger partial charge on any atom is -0.460 e. The van der Waals surface area contributed by atoms with Crippen LogP contribution in [0, 0.1) is 0 Å². The van der Waals surface area contributed by atoms with Gasteiger partial charge in [0.15, 0.2) is 0 Å². The summed E-state index contributed by atoms with van der Waals surface area (Å²) in [4.78, 5) is 23.7. The van der Waals surface area contributed by atoms with E-state index in [0.29, 0.717) is 28.5 Å². The van der Waals surface area contributed by atoms with E-state index in [1.165, 1.54) is 37.4 Å². The van der Waals surface area contributed by atoms with Crippen LogP contribution >= 0.6 is 11.6 Å². The molecule has 0 heterocycles. The largest absolute Gasteiger partial charge is 0.460 e. The molecule has 0 atom stereocenters.